The van der Waals surface area contributed by atoms with Gasteiger partial charge in [-0.2, -0.15) is 0 Å². The van der Waals surface area contributed by atoms with Crippen molar-refractivity contribution >= 4 is 16.8 Å². The minimum absolute atomic E-state index is 0.203. The molecule has 6 nitrogen and oxygen atoms in total. The molecule has 0 saturated carbocycles. The highest BCUT2D eigenvalue weighted by atomic mass is 16.5. The minimum atomic E-state index is -0.250. The monoisotopic (exact) mass is 316 g/mol. The minimum Gasteiger partial charge on any atom is -0.497 e. The van der Waals surface area contributed by atoms with Crippen LogP contribution >= 0.6 is 0 Å². The lowest BCUT2D eigenvalue weighted by Gasteiger charge is -2.27. The van der Waals surface area contributed by atoms with Crippen LogP contribution in [0.3, 0.4) is 0 Å². The van der Waals surface area contributed by atoms with Crippen LogP contribution in [0.4, 0.5) is 0 Å². The molecule has 1 aromatic carbocycles. The Morgan fingerprint density at radius 2 is 2.04 bits per heavy atom. The molecule has 1 aliphatic rings. The number of aryl methyl sites for hydroxylation is 1. The predicted molar refractivity (Wildman–Crippen MR) is 87.2 cm³/mol. The van der Waals surface area contributed by atoms with E-state index in [4.69, 9.17) is 9.47 Å². The topological polar surface area (TPSA) is 60.8 Å². The lowest BCUT2D eigenvalue weighted by atomic mass is 10.1. The van der Waals surface area contributed by atoms with E-state index in [1.807, 2.05) is 23.6 Å². The SMILES string of the molecule is CCn1cc(C(=O)N2CCOCC2)c(=O)c2cc(OC)ccc21. The van der Waals surface area contributed by atoms with Crippen LogP contribution in [0.2, 0.25) is 0 Å². The maximum Gasteiger partial charge on any atom is 0.259 e. The number of ether oxygens (including phenoxy) is 2. The van der Waals surface area contributed by atoms with Crippen LogP contribution in [0.25, 0.3) is 10.9 Å². The van der Waals surface area contributed by atoms with Crippen molar-refractivity contribution in [3.05, 3.63) is 40.2 Å². The summed E-state index contributed by atoms with van der Waals surface area (Å²) in [5.41, 5.74) is 0.756. The van der Waals surface area contributed by atoms with Gasteiger partial charge in [0, 0.05) is 25.8 Å². The molecule has 6 heteroatoms. The van der Waals surface area contributed by atoms with Gasteiger partial charge < -0.3 is 18.9 Å². The summed E-state index contributed by atoms with van der Waals surface area (Å²) in [6.45, 7) is 4.70. The lowest BCUT2D eigenvalue weighted by molar-refractivity contribution is 0.0301. The molecule has 3 rings (SSSR count). The van der Waals surface area contributed by atoms with Crippen molar-refractivity contribution in [1.29, 1.82) is 0 Å². The first-order chi connectivity index (χ1) is 11.2. The van der Waals surface area contributed by atoms with E-state index in [9.17, 15) is 9.59 Å². The van der Waals surface area contributed by atoms with E-state index in [1.165, 1.54) is 0 Å². The van der Waals surface area contributed by atoms with Gasteiger partial charge in [-0.05, 0) is 25.1 Å². The molecule has 0 bridgehead atoms. The third kappa shape index (κ3) is 2.82. The molecule has 122 valence electrons. The molecule has 1 fully saturated rings. The highest BCUT2D eigenvalue weighted by Gasteiger charge is 2.22. The van der Waals surface area contributed by atoms with Gasteiger partial charge in [-0.15, -0.1) is 0 Å². The highest BCUT2D eigenvalue weighted by Crippen LogP contribution is 2.19. The average Bonchev–Trinajstić information content (AvgIpc) is 2.62. The van der Waals surface area contributed by atoms with E-state index in [0.29, 0.717) is 44.0 Å². The number of benzene rings is 1. The van der Waals surface area contributed by atoms with Crippen LogP contribution < -0.4 is 10.2 Å². The second kappa shape index (κ2) is 6.42. The van der Waals surface area contributed by atoms with Crippen LogP contribution in [-0.2, 0) is 11.3 Å². The first-order valence-corrected chi connectivity index (χ1v) is 7.74. The van der Waals surface area contributed by atoms with Crippen molar-refractivity contribution in [3.8, 4) is 5.75 Å². The Morgan fingerprint density at radius 1 is 1.30 bits per heavy atom. The number of aromatic nitrogens is 1. The average molecular weight is 316 g/mol. The lowest BCUT2D eigenvalue weighted by Crippen LogP contribution is -2.42. The van der Waals surface area contributed by atoms with Crippen molar-refractivity contribution in [2.45, 2.75) is 13.5 Å². The summed E-state index contributed by atoms with van der Waals surface area (Å²) >= 11 is 0. The maximum atomic E-state index is 12.8. The van der Waals surface area contributed by atoms with Crippen molar-refractivity contribution in [3.63, 3.8) is 0 Å². The number of hydrogen-bond donors (Lipinski definition) is 0. The van der Waals surface area contributed by atoms with Crippen molar-refractivity contribution in [2.75, 3.05) is 33.4 Å². The van der Waals surface area contributed by atoms with Crippen LogP contribution in [0, 0.1) is 0 Å². The molecule has 2 aromatic rings. The Bertz CT molecular complexity index is 791. The molecule has 0 unspecified atom stereocenters. The molecule has 2 heterocycles. The fraction of sp³-hybridized carbons (Fsp3) is 0.412. The molecule has 1 aliphatic heterocycles. The fourth-order valence-electron chi connectivity index (χ4n) is 2.85. The van der Waals surface area contributed by atoms with Gasteiger partial charge in [0.2, 0.25) is 5.43 Å². The molecule has 1 amide bonds. The molecule has 0 N–H and O–H groups in total. The maximum absolute atomic E-state index is 12.8. The Balaban J connectivity index is 2.14. The Labute approximate surface area is 134 Å². The number of hydrogen-bond acceptors (Lipinski definition) is 4. The third-order valence-electron chi connectivity index (χ3n) is 4.16. The number of rotatable bonds is 3. The van der Waals surface area contributed by atoms with Gasteiger partial charge in [-0.25, -0.2) is 0 Å². The Kier molecular flexibility index (Phi) is 4.34. The van der Waals surface area contributed by atoms with Crippen molar-refractivity contribution in [1.82, 2.24) is 9.47 Å². The zero-order valence-corrected chi connectivity index (χ0v) is 13.4. The quantitative estimate of drug-likeness (QED) is 0.861. The molecule has 0 spiro atoms. The van der Waals surface area contributed by atoms with E-state index in [-0.39, 0.29) is 16.9 Å². The number of carbonyl (C=O) groups excluding carboxylic acids is 1. The van der Waals surface area contributed by atoms with Crippen LogP contribution in [0.5, 0.6) is 5.75 Å². The summed E-state index contributed by atoms with van der Waals surface area (Å²) < 4.78 is 12.4. The molecular formula is C17H20N2O4. The molecule has 0 radical (unpaired) electrons. The first kappa shape index (κ1) is 15.6. The summed E-state index contributed by atoms with van der Waals surface area (Å²) in [6.07, 6.45) is 1.66. The zero-order valence-electron chi connectivity index (χ0n) is 13.4. The summed E-state index contributed by atoms with van der Waals surface area (Å²) in [7, 11) is 1.56. The summed E-state index contributed by atoms with van der Waals surface area (Å²) in [4.78, 5) is 27.2. The molecular weight excluding hydrogens is 296 g/mol. The highest BCUT2D eigenvalue weighted by molar-refractivity contribution is 5.97. The van der Waals surface area contributed by atoms with Crippen molar-refractivity contribution < 1.29 is 14.3 Å². The van der Waals surface area contributed by atoms with Gasteiger partial charge >= 0.3 is 0 Å². The van der Waals surface area contributed by atoms with Gasteiger partial charge in [-0.1, -0.05) is 0 Å². The van der Waals surface area contributed by atoms with E-state index in [2.05, 4.69) is 0 Å². The largest absolute Gasteiger partial charge is 0.497 e. The second-order valence-corrected chi connectivity index (χ2v) is 5.45. The van der Waals surface area contributed by atoms with Gasteiger partial charge in [-0.3, -0.25) is 9.59 Å². The molecule has 23 heavy (non-hydrogen) atoms. The van der Waals surface area contributed by atoms with Crippen LogP contribution in [0.15, 0.2) is 29.2 Å². The number of pyridine rings is 1. The molecule has 0 aliphatic carbocycles. The number of nitrogens with zero attached hydrogens (tertiary/aromatic N) is 2. The number of fused-ring (bicyclic) bond motifs is 1. The third-order valence-corrected chi connectivity index (χ3v) is 4.16. The van der Waals surface area contributed by atoms with Crippen LogP contribution in [0.1, 0.15) is 17.3 Å². The normalized spacial score (nSPS) is 15.0. The molecule has 1 aromatic heterocycles. The standard InChI is InChI=1S/C17H20N2O4/c1-3-18-11-14(17(21)19-6-8-23-9-7-19)16(20)13-10-12(22-2)4-5-15(13)18/h4-5,10-11H,3,6-9H2,1-2H3. The van der Waals surface area contributed by atoms with Crippen LogP contribution in [-0.4, -0.2) is 48.8 Å². The summed E-state index contributed by atoms with van der Waals surface area (Å²) in [6, 6.07) is 5.36. The Hall–Kier alpha value is -2.34. The van der Waals surface area contributed by atoms with E-state index < -0.39 is 0 Å². The van der Waals surface area contributed by atoms with Gasteiger partial charge in [0.1, 0.15) is 11.3 Å². The van der Waals surface area contributed by atoms with Crippen molar-refractivity contribution in [2.24, 2.45) is 0 Å². The number of methoxy groups -OCH3 is 1. The van der Waals surface area contributed by atoms with Gasteiger partial charge in [0.15, 0.2) is 0 Å². The van der Waals surface area contributed by atoms with E-state index in [0.717, 1.165) is 5.52 Å². The summed E-state index contributed by atoms with van der Waals surface area (Å²) in [5, 5.41) is 0.505. The van der Waals surface area contributed by atoms with Gasteiger partial charge in [0.05, 0.1) is 31.2 Å². The number of morpholine rings is 1. The van der Waals surface area contributed by atoms with E-state index in [1.54, 1.807) is 24.3 Å². The second-order valence-electron chi connectivity index (χ2n) is 5.45. The number of amides is 1. The molecule has 1 saturated heterocycles. The van der Waals surface area contributed by atoms with E-state index >= 15 is 0 Å². The van der Waals surface area contributed by atoms with Gasteiger partial charge in [0.25, 0.3) is 5.91 Å². The summed E-state index contributed by atoms with van der Waals surface area (Å²) in [5.74, 6) is 0.374. The Morgan fingerprint density at radius 3 is 2.70 bits per heavy atom. The number of carbonyl (C=O) groups is 1. The zero-order chi connectivity index (χ0) is 16.4. The first-order valence-electron chi connectivity index (χ1n) is 7.74. The smallest absolute Gasteiger partial charge is 0.259 e. The predicted octanol–water partition coefficient (Wildman–Crippen LogP) is 1.50. The molecule has 0 atom stereocenters. The fourth-order valence-corrected chi connectivity index (χ4v) is 2.85.